The van der Waals surface area contributed by atoms with Crippen LogP contribution in [0.3, 0.4) is 0 Å². The summed E-state index contributed by atoms with van der Waals surface area (Å²) in [7, 11) is 0. The molecule has 3 aromatic rings. The Labute approximate surface area is 131 Å². The van der Waals surface area contributed by atoms with Crippen LogP contribution in [0.5, 0.6) is 0 Å². The predicted molar refractivity (Wildman–Crippen MR) is 95.6 cm³/mol. The SMILES string of the molecule is Cc1cccc(-c2ccc(N)c(-c3cccc(C)c3)c2N)c1. The first-order chi connectivity index (χ1) is 10.6. The van der Waals surface area contributed by atoms with Gasteiger partial charge >= 0.3 is 0 Å². The van der Waals surface area contributed by atoms with Gasteiger partial charge in [0, 0.05) is 22.5 Å². The first-order valence-electron chi connectivity index (χ1n) is 7.38. The van der Waals surface area contributed by atoms with Crippen molar-refractivity contribution in [2.24, 2.45) is 0 Å². The number of benzene rings is 3. The summed E-state index contributed by atoms with van der Waals surface area (Å²) in [5.74, 6) is 0. The molecule has 2 heteroatoms. The van der Waals surface area contributed by atoms with E-state index in [0.717, 1.165) is 27.9 Å². The van der Waals surface area contributed by atoms with Crippen LogP contribution in [-0.2, 0) is 0 Å². The second kappa shape index (κ2) is 5.57. The van der Waals surface area contributed by atoms with Gasteiger partial charge in [-0.3, -0.25) is 0 Å². The lowest BCUT2D eigenvalue weighted by Gasteiger charge is -2.15. The molecule has 2 nitrogen and oxygen atoms in total. The molecular weight excluding hydrogens is 268 g/mol. The third kappa shape index (κ3) is 2.56. The summed E-state index contributed by atoms with van der Waals surface area (Å²) in [6, 6.07) is 20.5. The third-order valence-corrected chi connectivity index (χ3v) is 3.91. The minimum atomic E-state index is 0.708. The highest BCUT2D eigenvalue weighted by Gasteiger charge is 2.12. The molecule has 3 rings (SSSR count). The Kier molecular flexibility index (Phi) is 3.60. The lowest BCUT2D eigenvalue weighted by atomic mass is 9.93. The standard InChI is InChI=1S/C20H20N2/c1-13-5-3-7-15(11-13)17-9-10-18(21)19(20(17)22)16-8-4-6-14(2)12-16/h3-12H,21-22H2,1-2H3. The van der Waals surface area contributed by atoms with Crippen LogP contribution in [0, 0.1) is 13.8 Å². The fraction of sp³-hybridized carbons (Fsp3) is 0.100. The predicted octanol–water partition coefficient (Wildman–Crippen LogP) is 4.80. The Morgan fingerprint density at radius 3 is 1.91 bits per heavy atom. The smallest absolute Gasteiger partial charge is 0.0494 e. The van der Waals surface area contributed by atoms with Crippen LogP contribution in [0.25, 0.3) is 22.3 Å². The van der Waals surface area contributed by atoms with Gasteiger partial charge in [-0.25, -0.2) is 0 Å². The van der Waals surface area contributed by atoms with Crippen molar-refractivity contribution >= 4 is 11.4 Å². The van der Waals surface area contributed by atoms with E-state index in [9.17, 15) is 0 Å². The van der Waals surface area contributed by atoms with E-state index in [1.54, 1.807) is 0 Å². The van der Waals surface area contributed by atoms with Gasteiger partial charge < -0.3 is 11.5 Å². The van der Waals surface area contributed by atoms with Crippen molar-refractivity contribution in [1.29, 1.82) is 0 Å². The van der Waals surface area contributed by atoms with Crippen molar-refractivity contribution in [1.82, 2.24) is 0 Å². The summed E-state index contributed by atoms with van der Waals surface area (Å²) in [6.07, 6.45) is 0. The van der Waals surface area contributed by atoms with Crippen LogP contribution in [0.15, 0.2) is 60.7 Å². The Morgan fingerprint density at radius 1 is 0.682 bits per heavy atom. The van der Waals surface area contributed by atoms with Crippen LogP contribution in [0.1, 0.15) is 11.1 Å². The Morgan fingerprint density at radius 2 is 1.27 bits per heavy atom. The number of nitrogens with two attached hydrogens (primary N) is 2. The Bertz CT molecular complexity index is 835. The van der Waals surface area contributed by atoms with Gasteiger partial charge in [-0.15, -0.1) is 0 Å². The molecule has 0 aromatic heterocycles. The average molecular weight is 288 g/mol. The molecule has 0 bridgehead atoms. The third-order valence-electron chi connectivity index (χ3n) is 3.91. The van der Waals surface area contributed by atoms with E-state index in [1.807, 2.05) is 24.3 Å². The van der Waals surface area contributed by atoms with Gasteiger partial charge in [0.05, 0.1) is 0 Å². The zero-order chi connectivity index (χ0) is 15.7. The molecule has 4 N–H and O–H groups in total. The van der Waals surface area contributed by atoms with Crippen molar-refractivity contribution in [3.63, 3.8) is 0 Å². The second-order valence-electron chi connectivity index (χ2n) is 5.73. The molecule has 0 saturated heterocycles. The molecule has 0 unspecified atom stereocenters. The van der Waals surface area contributed by atoms with E-state index in [0.29, 0.717) is 5.69 Å². The van der Waals surface area contributed by atoms with Crippen LogP contribution in [0.4, 0.5) is 11.4 Å². The molecule has 3 aromatic carbocycles. The molecule has 22 heavy (non-hydrogen) atoms. The molecule has 0 radical (unpaired) electrons. The van der Waals surface area contributed by atoms with E-state index < -0.39 is 0 Å². The van der Waals surface area contributed by atoms with E-state index in [1.165, 1.54) is 11.1 Å². The zero-order valence-corrected chi connectivity index (χ0v) is 12.9. The fourth-order valence-corrected chi connectivity index (χ4v) is 2.82. The summed E-state index contributed by atoms with van der Waals surface area (Å²) in [6.45, 7) is 4.15. The minimum absolute atomic E-state index is 0.708. The fourth-order valence-electron chi connectivity index (χ4n) is 2.82. The zero-order valence-electron chi connectivity index (χ0n) is 12.9. The van der Waals surface area contributed by atoms with Crippen molar-refractivity contribution in [3.05, 3.63) is 71.8 Å². The molecule has 0 heterocycles. The van der Waals surface area contributed by atoms with Crippen molar-refractivity contribution < 1.29 is 0 Å². The summed E-state index contributed by atoms with van der Waals surface area (Å²) in [5.41, 5.74) is 20.6. The van der Waals surface area contributed by atoms with Crippen LogP contribution in [-0.4, -0.2) is 0 Å². The minimum Gasteiger partial charge on any atom is -0.398 e. The first-order valence-corrected chi connectivity index (χ1v) is 7.38. The lowest BCUT2D eigenvalue weighted by Crippen LogP contribution is -1.99. The average Bonchev–Trinajstić information content (AvgIpc) is 2.47. The molecule has 0 aliphatic rings. The monoisotopic (exact) mass is 288 g/mol. The van der Waals surface area contributed by atoms with Crippen LogP contribution >= 0.6 is 0 Å². The number of hydrogen-bond acceptors (Lipinski definition) is 2. The molecule has 0 fully saturated rings. The maximum atomic E-state index is 6.47. The summed E-state index contributed by atoms with van der Waals surface area (Å²) < 4.78 is 0. The highest BCUT2D eigenvalue weighted by atomic mass is 14.6. The molecule has 0 atom stereocenters. The summed E-state index contributed by atoms with van der Waals surface area (Å²) in [4.78, 5) is 0. The molecule has 0 aliphatic carbocycles. The topological polar surface area (TPSA) is 52.0 Å². The number of hydrogen-bond donors (Lipinski definition) is 2. The van der Waals surface area contributed by atoms with Gasteiger partial charge in [-0.05, 0) is 31.0 Å². The largest absolute Gasteiger partial charge is 0.398 e. The van der Waals surface area contributed by atoms with Gasteiger partial charge in [-0.1, -0.05) is 65.7 Å². The van der Waals surface area contributed by atoms with E-state index in [2.05, 4.69) is 50.2 Å². The second-order valence-corrected chi connectivity index (χ2v) is 5.73. The lowest BCUT2D eigenvalue weighted by molar-refractivity contribution is 1.46. The van der Waals surface area contributed by atoms with Gasteiger partial charge in [0.2, 0.25) is 0 Å². The van der Waals surface area contributed by atoms with Crippen molar-refractivity contribution in [3.8, 4) is 22.3 Å². The first kappa shape index (κ1) is 14.2. The molecule has 110 valence electrons. The highest BCUT2D eigenvalue weighted by molar-refractivity contribution is 5.95. The van der Waals surface area contributed by atoms with E-state index in [4.69, 9.17) is 11.5 Å². The molecule has 0 spiro atoms. The van der Waals surface area contributed by atoms with Crippen molar-refractivity contribution in [2.75, 3.05) is 11.5 Å². The number of rotatable bonds is 2. The van der Waals surface area contributed by atoms with Gasteiger partial charge in [0.25, 0.3) is 0 Å². The summed E-state index contributed by atoms with van der Waals surface area (Å²) in [5, 5.41) is 0. The maximum absolute atomic E-state index is 6.47. The highest BCUT2D eigenvalue weighted by Crippen LogP contribution is 2.39. The Hall–Kier alpha value is -2.74. The number of aryl methyl sites for hydroxylation is 2. The van der Waals surface area contributed by atoms with Crippen LogP contribution in [0.2, 0.25) is 0 Å². The Balaban J connectivity index is 2.22. The van der Waals surface area contributed by atoms with Crippen LogP contribution < -0.4 is 11.5 Å². The maximum Gasteiger partial charge on any atom is 0.0494 e. The van der Waals surface area contributed by atoms with E-state index in [-0.39, 0.29) is 0 Å². The molecule has 0 saturated carbocycles. The normalized spacial score (nSPS) is 10.6. The van der Waals surface area contributed by atoms with Gasteiger partial charge in [-0.2, -0.15) is 0 Å². The van der Waals surface area contributed by atoms with Gasteiger partial charge in [0.15, 0.2) is 0 Å². The number of anilines is 2. The summed E-state index contributed by atoms with van der Waals surface area (Å²) >= 11 is 0. The number of nitrogen functional groups attached to an aromatic ring is 2. The van der Waals surface area contributed by atoms with E-state index >= 15 is 0 Å². The van der Waals surface area contributed by atoms with Crippen molar-refractivity contribution in [2.45, 2.75) is 13.8 Å². The van der Waals surface area contributed by atoms with Gasteiger partial charge in [0.1, 0.15) is 0 Å². The quantitative estimate of drug-likeness (QED) is 0.665. The molecular formula is C20H20N2. The molecule has 0 aliphatic heterocycles. The molecule has 0 amide bonds.